The number of aliphatic hydroxyl groups excluding tert-OH is 1. The van der Waals surface area contributed by atoms with Crippen LogP contribution in [-0.4, -0.2) is 32.7 Å². The minimum absolute atomic E-state index is 0.103. The Morgan fingerprint density at radius 2 is 1.95 bits per heavy atom. The van der Waals surface area contributed by atoms with Gasteiger partial charge in [-0.2, -0.15) is 0 Å². The van der Waals surface area contributed by atoms with E-state index in [0.29, 0.717) is 18.6 Å². The minimum atomic E-state index is -1.84. The van der Waals surface area contributed by atoms with Crippen LogP contribution in [0.5, 0.6) is 0 Å². The number of hydrogen-bond acceptors (Lipinski definition) is 3. The predicted molar refractivity (Wildman–Crippen MR) is 87.8 cm³/mol. The zero-order valence-electron chi connectivity index (χ0n) is 14.1. The SMILES string of the molecule is CC(C)(C)[Si](C)(C)OCCC1(c2ccccc2F)OC1CO. The molecule has 1 saturated heterocycles. The van der Waals surface area contributed by atoms with Crippen molar-refractivity contribution in [3.05, 3.63) is 35.6 Å². The number of rotatable bonds is 6. The number of aliphatic hydroxyl groups is 1. The van der Waals surface area contributed by atoms with Crippen LogP contribution in [0.15, 0.2) is 24.3 Å². The van der Waals surface area contributed by atoms with Crippen LogP contribution in [0, 0.1) is 5.82 Å². The molecule has 1 heterocycles. The van der Waals surface area contributed by atoms with Gasteiger partial charge in [0.1, 0.15) is 17.5 Å². The molecule has 3 nitrogen and oxygen atoms in total. The third kappa shape index (κ3) is 3.27. The Balaban J connectivity index is 2.08. The van der Waals surface area contributed by atoms with Crippen LogP contribution in [0.4, 0.5) is 4.39 Å². The highest BCUT2D eigenvalue weighted by atomic mass is 28.4. The monoisotopic (exact) mass is 326 g/mol. The molecule has 0 amide bonds. The van der Waals surface area contributed by atoms with Gasteiger partial charge in [0.05, 0.1) is 6.61 Å². The lowest BCUT2D eigenvalue weighted by molar-refractivity contribution is 0.205. The van der Waals surface area contributed by atoms with Crippen LogP contribution < -0.4 is 0 Å². The molecule has 0 aromatic heterocycles. The molecule has 2 rings (SSSR count). The summed E-state index contributed by atoms with van der Waals surface area (Å²) in [6, 6.07) is 6.62. The van der Waals surface area contributed by atoms with Gasteiger partial charge in [0.15, 0.2) is 8.32 Å². The predicted octanol–water partition coefficient (Wildman–Crippen LogP) is 3.82. The molecule has 5 heteroatoms. The van der Waals surface area contributed by atoms with E-state index in [0.717, 1.165) is 0 Å². The van der Waals surface area contributed by atoms with Gasteiger partial charge in [-0.05, 0) is 24.2 Å². The lowest BCUT2D eigenvalue weighted by Gasteiger charge is -2.36. The molecule has 1 aliphatic rings. The molecule has 1 aliphatic heterocycles. The van der Waals surface area contributed by atoms with Crippen molar-refractivity contribution in [1.82, 2.24) is 0 Å². The summed E-state index contributed by atoms with van der Waals surface area (Å²) in [5, 5.41) is 9.54. The topological polar surface area (TPSA) is 42.0 Å². The number of hydrogen-bond donors (Lipinski definition) is 1. The van der Waals surface area contributed by atoms with Gasteiger partial charge in [-0.15, -0.1) is 0 Å². The van der Waals surface area contributed by atoms with Gasteiger partial charge in [0, 0.05) is 18.6 Å². The second kappa shape index (κ2) is 6.04. The summed E-state index contributed by atoms with van der Waals surface area (Å²) in [6.45, 7) is 11.4. The quantitative estimate of drug-likeness (QED) is 0.638. The Labute approximate surface area is 133 Å². The Morgan fingerprint density at radius 1 is 1.32 bits per heavy atom. The molecule has 2 atom stereocenters. The Morgan fingerprint density at radius 3 is 2.45 bits per heavy atom. The van der Waals surface area contributed by atoms with Crippen molar-refractivity contribution in [3.63, 3.8) is 0 Å². The fourth-order valence-electron chi connectivity index (χ4n) is 2.47. The highest BCUT2D eigenvalue weighted by Gasteiger charge is 2.58. The largest absolute Gasteiger partial charge is 0.417 e. The number of benzene rings is 1. The molecule has 0 aliphatic carbocycles. The van der Waals surface area contributed by atoms with Crippen LogP contribution in [0.2, 0.25) is 18.1 Å². The van der Waals surface area contributed by atoms with Crippen molar-refractivity contribution >= 4 is 8.32 Å². The number of halogens is 1. The van der Waals surface area contributed by atoms with E-state index < -0.39 is 13.9 Å². The maximum Gasteiger partial charge on any atom is 0.191 e. The van der Waals surface area contributed by atoms with Crippen molar-refractivity contribution in [2.24, 2.45) is 0 Å². The first-order valence-corrected chi connectivity index (χ1v) is 10.7. The van der Waals surface area contributed by atoms with Crippen molar-refractivity contribution in [2.75, 3.05) is 13.2 Å². The number of ether oxygens (including phenoxy) is 1. The molecule has 1 N–H and O–H groups in total. The summed E-state index contributed by atoms with van der Waals surface area (Å²) in [7, 11) is -1.84. The summed E-state index contributed by atoms with van der Waals surface area (Å²) >= 11 is 0. The molecular weight excluding hydrogens is 299 g/mol. The Bertz CT molecular complexity index is 527. The zero-order valence-corrected chi connectivity index (χ0v) is 15.1. The molecule has 22 heavy (non-hydrogen) atoms. The molecule has 1 fully saturated rings. The van der Waals surface area contributed by atoms with Crippen molar-refractivity contribution < 1.29 is 18.7 Å². The third-order valence-electron chi connectivity index (χ3n) is 5.05. The standard InChI is InChI=1S/C17H27FO3Si/c1-16(2,3)22(4,5)20-11-10-17(15(12-19)21-17)13-8-6-7-9-14(13)18/h6-9,15,19H,10-12H2,1-5H3. The van der Waals surface area contributed by atoms with Gasteiger partial charge in [0.25, 0.3) is 0 Å². The second-order valence-corrected chi connectivity index (χ2v) is 12.3. The Hall–Kier alpha value is -0.753. The van der Waals surface area contributed by atoms with Crippen molar-refractivity contribution in [2.45, 2.75) is 57.0 Å². The fourth-order valence-corrected chi connectivity index (χ4v) is 3.52. The molecule has 0 bridgehead atoms. The summed E-state index contributed by atoms with van der Waals surface area (Å²) < 4.78 is 25.9. The van der Waals surface area contributed by atoms with Crippen molar-refractivity contribution in [1.29, 1.82) is 0 Å². The zero-order chi connectivity index (χ0) is 16.6. The lowest BCUT2D eigenvalue weighted by Crippen LogP contribution is -2.41. The van der Waals surface area contributed by atoms with E-state index >= 15 is 0 Å². The molecule has 124 valence electrons. The smallest absolute Gasteiger partial charge is 0.191 e. The summed E-state index contributed by atoms with van der Waals surface area (Å²) in [5.41, 5.74) is -0.212. The fraction of sp³-hybridized carbons (Fsp3) is 0.647. The van der Waals surface area contributed by atoms with Crippen LogP contribution in [0.3, 0.4) is 0 Å². The summed E-state index contributed by atoms with van der Waals surface area (Å²) in [5.74, 6) is -0.286. The number of epoxide rings is 1. The average Bonchev–Trinajstić information content (AvgIpc) is 3.12. The first-order valence-electron chi connectivity index (χ1n) is 7.82. The summed E-state index contributed by atoms with van der Waals surface area (Å²) in [6.07, 6.45) is 0.221. The third-order valence-corrected chi connectivity index (χ3v) is 9.59. The van der Waals surface area contributed by atoms with E-state index in [9.17, 15) is 9.50 Å². The molecule has 1 aromatic rings. The first kappa shape index (κ1) is 17.6. The average molecular weight is 326 g/mol. The summed E-state index contributed by atoms with van der Waals surface area (Å²) in [4.78, 5) is 0. The van der Waals surface area contributed by atoms with Gasteiger partial charge >= 0.3 is 0 Å². The van der Waals surface area contributed by atoms with Crippen molar-refractivity contribution in [3.8, 4) is 0 Å². The highest BCUT2D eigenvalue weighted by molar-refractivity contribution is 6.74. The van der Waals surface area contributed by atoms with Gasteiger partial charge in [-0.1, -0.05) is 39.0 Å². The van der Waals surface area contributed by atoms with E-state index in [4.69, 9.17) is 9.16 Å². The van der Waals surface area contributed by atoms with Gasteiger partial charge < -0.3 is 14.3 Å². The maximum absolute atomic E-state index is 14.1. The lowest BCUT2D eigenvalue weighted by atomic mass is 9.92. The van der Waals surface area contributed by atoms with E-state index in [1.54, 1.807) is 18.2 Å². The maximum atomic E-state index is 14.1. The van der Waals surface area contributed by atoms with Gasteiger partial charge in [0.2, 0.25) is 0 Å². The first-order chi connectivity index (χ1) is 10.1. The van der Waals surface area contributed by atoms with Crippen LogP contribution in [0.1, 0.15) is 32.8 Å². The van der Waals surface area contributed by atoms with Crippen LogP contribution in [0.25, 0.3) is 0 Å². The van der Waals surface area contributed by atoms with E-state index in [-0.39, 0.29) is 23.6 Å². The van der Waals surface area contributed by atoms with Gasteiger partial charge in [-0.25, -0.2) is 4.39 Å². The van der Waals surface area contributed by atoms with Crippen LogP contribution in [-0.2, 0) is 14.8 Å². The van der Waals surface area contributed by atoms with E-state index in [1.807, 2.05) is 0 Å². The van der Waals surface area contributed by atoms with Crippen LogP contribution >= 0.6 is 0 Å². The second-order valence-electron chi connectivity index (χ2n) is 7.52. The van der Waals surface area contributed by atoms with E-state index in [1.165, 1.54) is 6.07 Å². The van der Waals surface area contributed by atoms with Gasteiger partial charge in [-0.3, -0.25) is 0 Å². The molecule has 0 spiro atoms. The minimum Gasteiger partial charge on any atom is -0.417 e. The highest BCUT2D eigenvalue weighted by Crippen LogP contribution is 2.50. The molecule has 0 saturated carbocycles. The molecule has 1 aromatic carbocycles. The molecular formula is C17H27FO3Si. The molecule has 0 radical (unpaired) electrons. The molecule has 2 unspecified atom stereocenters. The van der Waals surface area contributed by atoms with E-state index in [2.05, 4.69) is 33.9 Å². The normalized spacial score (nSPS) is 25.3. The Kier molecular flexibility index (Phi) is 4.83.